The summed E-state index contributed by atoms with van der Waals surface area (Å²) in [6.45, 7) is 7.21. The summed E-state index contributed by atoms with van der Waals surface area (Å²) in [4.78, 5) is 16.5. The fraction of sp³-hybridized carbons (Fsp3) is 0.346. The zero-order valence-electron chi connectivity index (χ0n) is 19.6. The van der Waals surface area contributed by atoms with Gasteiger partial charge in [-0.3, -0.25) is 0 Å². The zero-order chi connectivity index (χ0) is 23.5. The molecule has 1 saturated heterocycles. The minimum absolute atomic E-state index is 0.0163. The lowest BCUT2D eigenvalue weighted by molar-refractivity contribution is 0.235. The van der Waals surface area contributed by atoms with Crippen molar-refractivity contribution in [3.05, 3.63) is 66.5 Å². The van der Waals surface area contributed by atoms with Crippen LogP contribution in [-0.4, -0.2) is 56.9 Å². The van der Waals surface area contributed by atoms with Crippen LogP contribution in [0.4, 0.5) is 11.8 Å². The Labute approximate surface area is 199 Å². The van der Waals surface area contributed by atoms with Crippen LogP contribution in [0.15, 0.2) is 60.9 Å². The summed E-state index contributed by atoms with van der Waals surface area (Å²) >= 11 is 0. The minimum atomic E-state index is 0.0163. The van der Waals surface area contributed by atoms with E-state index in [1.807, 2.05) is 12.4 Å². The molecule has 1 aliphatic rings. The van der Waals surface area contributed by atoms with Crippen molar-refractivity contribution in [2.24, 2.45) is 0 Å². The number of benzene rings is 2. The maximum Gasteiger partial charge on any atom is 0.229 e. The first-order valence-electron chi connectivity index (χ1n) is 11.8. The van der Waals surface area contributed by atoms with Crippen LogP contribution < -0.4 is 15.5 Å². The molecule has 0 spiro atoms. The molecule has 0 radical (unpaired) electrons. The standard InChI is InChI=1S/C26H31N7O/c1-18(2)33-17-29-23-24(30-26(31-25(23)33)32-13-12-27-22(15-32)16-34)28-14-19-8-10-21(11-9-19)20-6-4-3-5-7-20/h3-11,17-18,22,27,34H,12-16H2,1-2H3,(H,28,30,31)/t22-/m0/s1. The molecule has 3 N–H and O–H groups in total. The van der Waals surface area contributed by atoms with Crippen LogP contribution in [0.1, 0.15) is 25.5 Å². The monoisotopic (exact) mass is 457 g/mol. The number of rotatable bonds is 7. The number of aromatic nitrogens is 4. The normalized spacial score (nSPS) is 16.4. The Balaban J connectivity index is 1.41. The molecule has 4 aromatic rings. The predicted molar refractivity (Wildman–Crippen MR) is 136 cm³/mol. The second-order valence-electron chi connectivity index (χ2n) is 8.99. The van der Waals surface area contributed by atoms with Gasteiger partial charge in [-0.1, -0.05) is 54.6 Å². The van der Waals surface area contributed by atoms with E-state index in [2.05, 4.69) is 87.5 Å². The fourth-order valence-electron chi connectivity index (χ4n) is 4.31. The van der Waals surface area contributed by atoms with E-state index < -0.39 is 0 Å². The first kappa shape index (κ1) is 22.3. The van der Waals surface area contributed by atoms with Crippen LogP contribution >= 0.6 is 0 Å². The van der Waals surface area contributed by atoms with Gasteiger partial charge in [0.05, 0.1) is 12.9 Å². The third-order valence-electron chi connectivity index (χ3n) is 6.25. The third kappa shape index (κ3) is 4.60. The largest absolute Gasteiger partial charge is 0.395 e. The van der Waals surface area contributed by atoms with Gasteiger partial charge < -0.3 is 25.2 Å². The van der Waals surface area contributed by atoms with Crippen LogP contribution in [0.2, 0.25) is 0 Å². The van der Waals surface area contributed by atoms with Gasteiger partial charge in [-0.2, -0.15) is 9.97 Å². The van der Waals surface area contributed by atoms with Gasteiger partial charge in [-0.05, 0) is 30.5 Å². The summed E-state index contributed by atoms with van der Waals surface area (Å²) < 4.78 is 2.08. The van der Waals surface area contributed by atoms with Gasteiger partial charge in [0.2, 0.25) is 5.95 Å². The Morgan fingerprint density at radius 2 is 1.82 bits per heavy atom. The fourth-order valence-corrected chi connectivity index (χ4v) is 4.31. The van der Waals surface area contributed by atoms with E-state index in [0.29, 0.717) is 19.0 Å². The van der Waals surface area contributed by atoms with Crippen molar-refractivity contribution in [1.82, 2.24) is 24.8 Å². The van der Waals surface area contributed by atoms with Gasteiger partial charge in [0.1, 0.15) is 0 Å². The van der Waals surface area contributed by atoms with Gasteiger partial charge in [0, 0.05) is 38.3 Å². The number of nitrogens with zero attached hydrogens (tertiary/aromatic N) is 5. The zero-order valence-corrected chi connectivity index (χ0v) is 19.6. The first-order chi connectivity index (χ1) is 16.6. The van der Waals surface area contributed by atoms with E-state index in [1.54, 1.807) is 0 Å². The molecule has 0 amide bonds. The van der Waals surface area contributed by atoms with Crippen molar-refractivity contribution in [1.29, 1.82) is 0 Å². The maximum atomic E-state index is 9.61. The lowest BCUT2D eigenvalue weighted by atomic mass is 10.0. The minimum Gasteiger partial charge on any atom is -0.395 e. The molecule has 0 bridgehead atoms. The summed E-state index contributed by atoms with van der Waals surface area (Å²) in [5.41, 5.74) is 5.16. The Morgan fingerprint density at radius 1 is 1.06 bits per heavy atom. The quantitative estimate of drug-likeness (QED) is 0.391. The molecule has 1 fully saturated rings. The Kier molecular flexibility index (Phi) is 6.42. The van der Waals surface area contributed by atoms with Crippen LogP contribution in [-0.2, 0) is 6.54 Å². The highest BCUT2D eigenvalue weighted by Crippen LogP contribution is 2.26. The molecule has 3 heterocycles. The number of aliphatic hydroxyl groups excluding tert-OH is 1. The number of hydrogen-bond donors (Lipinski definition) is 3. The molecule has 0 unspecified atom stereocenters. The summed E-state index contributed by atoms with van der Waals surface area (Å²) in [7, 11) is 0. The number of anilines is 2. The highest BCUT2D eigenvalue weighted by molar-refractivity contribution is 5.84. The highest BCUT2D eigenvalue weighted by Gasteiger charge is 2.23. The molecule has 5 rings (SSSR count). The second-order valence-corrected chi connectivity index (χ2v) is 8.99. The van der Waals surface area contributed by atoms with Crippen molar-refractivity contribution < 1.29 is 5.11 Å². The van der Waals surface area contributed by atoms with E-state index in [4.69, 9.17) is 9.97 Å². The number of fused-ring (bicyclic) bond motifs is 1. The summed E-state index contributed by atoms with van der Waals surface area (Å²) in [6.07, 6.45) is 1.84. The van der Waals surface area contributed by atoms with Crippen LogP contribution in [0.25, 0.3) is 22.3 Å². The molecule has 1 atom stereocenters. The summed E-state index contributed by atoms with van der Waals surface area (Å²) in [6, 6.07) is 19.2. The number of nitrogens with one attached hydrogen (secondary N) is 2. The second kappa shape index (κ2) is 9.79. The van der Waals surface area contributed by atoms with E-state index in [9.17, 15) is 5.11 Å². The molecule has 176 valence electrons. The molecule has 0 aliphatic carbocycles. The molecule has 34 heavy (non-hydrogen) atoms. The van der Waals surface area contributed by atoms with Crippen LogP contribution in [0.5, 0.6) is 0 Å². The Morgan fingerprint density at radius 3 is 2.56 bits per heavy atom. The van der Waals surface area contributed by atoms with Crippen molar-refractivity contribution in [2.75, 3.05) is 36.5 Å². The lowest BCUT2D eigenvalue weighted by Gasteiger charge is -2.33. The summed E-state index contributed by atoms with van der Waals surface area (Å²) in [5.74, 6) is 1.39. The van der Waals surface area contributed by atoms with Gasteiger partial charge in [-0.25, -0.2) is 4.98 Å². The number of hydrogen-bond acceptors (Lipinski definition) is 7. The SMILES string of the molecule is CC(C)n1cnc2c(NCc3ccc(-c4ccccc4)cc3)nc(N3CCN[C@H](CO)C3)nc21. The Bertz CT molecular complexity index is 1240. The molecule has 1 aliphatic heterocycles. The molecule has 8 heteroatoms. The molecule has 0 saturated carbocycles. The topological polar surface area (TPSA) is 91.1 Å². The van der Waals surface area contributed by atoms with E-state index in [0.717, 1.165) is 30.1 Å². The molecule has 2 aromatic carbocycles. The van der Waals surface area contributed by atoms with Crippen molar-refractivity contribution in [2.45, 2.75) is 32.5 Å². The van der Waals surface area contributed by atoms with Crippen molar-refractivity contribution in [3.63, 3.8) is 0 Å². The number of imidazole rings is 1. The average Bonchev–Trinajstić information content (AvgIpc) is 3.33. The van der Waals surface area contributed by atoms with Gasteiger partial charge in [0.15, 0.2) is 17.0 Å². The predicted octanol–water partition coefficient (Wildman–Crippen LogP) is 3.46. The van der Waals surface area contributed by atoms with Crippen molar-refractivity contribution >= 4 is 22.9 Å². The van der Waals surface area contributed by atoms with E-state index in [1.165, 1.54) is 16.7 Å². The van der Waals surface area contributed by atoms with E-state index in [-0.39, 0.29) is 18.7 Å². The lowest BCUT2D eigenvalue weighted by Crippen LogP contribution is -2.52. The molecule has 2 aromatic heterocycles. The Hall–Kier alpha value is -3.49. The first-order valence-corrected chi connectivity index (χ1v) is 11.8. The highest BCUT2D eigenvalue weighted by atomic mass is 16.3. The number of aliphatic hydroxyl groups is 1. The third-order valence-corrected chi connectivity index (χ3v) is 6.25. The smallest absolute Gasteiger partial charge is 0.229 e. The van der Waals surface area contributed by atoms with E-state index >= 15 is 0 Å². The van der Waals surface area contributed by atoms with Crippen LogP contribution in [0, 0.1) is 0 Å². The molecule has 8 nitrogen and oxygen atoms in total. The molecular formula is C26H31N7O. The van der Waals surface area contributed by atoms with Crippen LogP contribution in [0.3, 0.4) is 0 Å². The van der Waals surface area contributed by atoms with Gasteiger partial charge in [0.25, 0.3) is 0 Å². The number of piperazine rings is 1. The van der Waals surface area contributed by atoms with Gasteiger partial charge in [-0.15, -0.1) is 0 Å². The van der Waals surface area contributed by atoms with Gasteiger partial charge >= 0.3 is 0 Å². The molecular weight excluding hydrogens is 426 g/mol. The maximum absolute atomic E-state index is 9.61. The summed E-state index contributed by atoms with van der Waals surface area (Å²) in [5, 5.41) is 16.4. The average molecular weight is 458 g/mol. The van der Waals surface area contributed by atoms with Crippen molar-refractivity contribution in [3.8, 4) is 11.1 Å².